The monoisotopic (exact) mass is 218 g/mol. The maximum atomic E-state index is 10.5. The molecule has 82 valence electrons. The molecule has 0 atom stereocenters. The molecule has 0 amide bonds. The number of hydrogen-bond acceptors (Lipinski definition) is 5. The summed E-state index contributed by atoms with van der Waals surface area (Å²) in [7, 11) is 1.55. The van der Waals surface area contributed by atoms with Crippen LogP contribution in [0.2, 0.25) is 0 Å². The molecule has 0 aliphatic carbocycles. The van der Waals surface area contributed by atoms with Gasteiger partial charge in [-0.15, -0.1) is 0 Å². The average molecular weight is 218 g/mol. The van der Waals surface area contributed by atoms with E-state index in [1.54, 1.807) is 31.4 Å². The maximum Gasteiger partial charge on any atom is 0.182 e. The second kappa shape index (κ2) is 4.06. The third kappa shape index (κ3) is 1.88. The fraction of sp³-hybridized carbons (Fsp3) is 0.0909. The molecule has 0 aliphatic rings. The first-order valence-electron chi connectivity index (χ1n) is 4.53. The predicted molar refractivity (Wildman–Crippen MR) is 52.8 cm³/mol. The van der Waals surface area contributed by atoms with Gasteiger partial charge in [0.2, 0.25) is 0 Å². The number of benzene rings is 1. The zero-order valence-corrected chi connectivity index (χ0v) is 8.47. The second-order valence-corrected chi connectivity index (χ2v) is 3.10. The molecule has 2 rings (SSSR count). The molecule has 1 aromatic carbocycles. The van der Waals surface area contributed by atoms with Gasteiger partial charge in [0, 0.05) is 11.6 Å². The van der Waals surface area contributed by atoms with Gasteiger partial charge in [0.15, 0.2) is 5.76 Å². The maximum absolute atomic E-state index is 10.5. The molecule has 0 spiro atoms. The number of ether oxygens (including phenoxy) is 1. The molecule has 0 saturated heterocycles. The highest BCUT2D eigenvalue weighted by atomic mass is 16.5. The fourth-order valence-electron chi connectivity index (χ4n) is 1.29. The van der Waals surface area contributed by atoms with E-state index in [4.69, 9.17) is 4.74 Å². The Morgan fingerprint density at radius 3 is 2.88 bits per heavy atom. The lowest BCUT2D eigenvalue weighted by Crippen LogP contribution is -2.21. The topological polar surface area (TPSA) is 75.4 Å². The van der Waals surface area contributed by atoms with Crippen LogP contribution in [0.5, 0.6) is 5.75 Å². The number of aromatic nitrogens is 1. The summed E-state index contributed by atoms with van der Waals surface area (Å²) in [6, 6.07) is 8.38. The highest BCUT2D eigenvalue weighted by molar-refractivity contribution is 5.83. The summed E-state index contributed by atoms with van der Waals surface area (Å²) in [6.07, 6.45) is 0. The van der Waals surface area contributed by atoms with Crippen LogP contribution in [0.15, 0.2) is 34.9 Å². The van der Waals surface area contributed by atoms with E-state index in [-0.39, 0.29) is 5.76 Å². The first kappa shape index (κ1) is 10.2. The van der Waals surface area contributed by atoms with Crippen molar-refractivity contribution in [2.24, 2.45) is 0 Å². The van der Waals surface area contributed by atoms with Gasteiger partial charge in [-0.3, -0.25) is 0 Å². The Bertz CT molecular complexity index is 518. The summed E-state index contributed by atoms with van der Waals surface area (Å²) in [5, 5.41) is 14.1. The molecule has 5 nitrogen and oxygen atoms in total. The lowest BCUT2D eigenvalue weighted by molar-refractivity contribution is -0.257. The fourth-order valence-corrected chi connectivity index (χ4v) is 1.29. The summed E-state index contributed by atoms with van der Waals surface area (Å²) in [5.74, 6) is -1.02. The number of carbonyl (C=O) groups excluding carboxylic acids is 1. The minimum Gasteiger partial charge on any atom is -0.541 e. The van der Waals surface area contributed by atoms with Crippen molar-refractivity contribution in [1.29, 1.82) is 0 Å². The number of hydrogen-bond donors (Lipinski definition) is 0. The zero-order chi connectivity index (χ0) is 11.5. The van der Waals surface area contributed by atoms with E-state index < -0.39 is 5.97 Å². The molecule has 16 heavy (non-hydrogen) atoms. The van der Waals surface area contributed by atoms with Crippen LogP contribution < -0.4 is 9.84 Å². The molecule has 0 unspecified atom stereocenters. The van der Waals surface area contributed by atoms with E-state index in [2.05, 4.69) is 9.68 Å². The minimum atomic E-state index is -1.39. The van der Waals surface area contributed by atoms with Crippen LogP contribution in [0, 0.1) is 0 Å². The lowest BCUT2D eigenvalue weighted by Gasteiger charge is -2.00. The van der Waals surface area contributed by atoms with Crippen molar-refractivity contribution in [1.82, 2.24) is 5.16 Å². The van der Waals surface area contributed by atoms with Gasteiger partial charge in [-0.05, 0) is 12.1 Å². The quantitative estimate of drug-likeness (QED) is 0.758. The van der Waals surface area contributed by atoms with Crippen molar-refractivity contribution in [2.45, 2.75) is 0 Å². The van der Waals surface area contributed by atoms with Gasteiger partial charge in [0.1, 0.15) is 17.4 Å². The smallest absolute Gasteiger partial charge is 0.182 e. The van der Waals surface area contributed by atoms with Crippen molar-refractivity contribution in [3.63, 3.8) is 0 Å². The van der Waals surface area contributed by atoms with Crippen LogP contribution in [-0.2, 0) is 0 Å². The second-order valence-electron chi connectivity index (χ2n) is 3.10. The number of carbonyl (C=O) groups is 1. The number of rotatable bonds is 3. The van der Waals surface area contributed by atoms with Gasteiger partial charge in [-0.1, -0.05) is 17.3 Å². The van der Waals surface area contributed by atoms with E-state index >= 15 is 0 Å². The normalized spacial score (nSPS) is 10.1. The van der Waals surface area contributed by atoms with E-state index in [0.29, 0.717) is 11.4 Å². The summed E-state index contributed by atoms with van der Waals surface area (Å²) >= 11 is 0. The Morgan fingerprint density at radius 1 is 1.44 bits per heavy atom. The summed E-state index contributed by atoms with van der Waals surface area (Å²) in [4.78, 5) is 10.5. The van der Waals surface area contributed by atoms with Gasteiger partial charge in [0.05, 0.1) is 7.11 Å². The zero-order valence-electron chi connectivity index (χ0n) is 8.47. The molecule has 1 aromatic heterocycles. The molecule has 0 bridgehead atoms. The molecular weight excluding hydrogens is 210 g/mol. The molecule has 2 aromatic rings. The first-order valence-corrected chi connectivity index (χ1v) is 4.53. The number of carboxylic acid groups (broad SMARTS) is 1. The number of carboxylic acids is 1. The molecule has 0 fully saturated rings. The molecule has 0 N–H and O–H groups in total. The molecule has 5 heteroatoms. The Balaban J connectivity index is 2.38. The predicted octanol–water partition coefficient (Wildman–Crippen LogP) is 0.714. The third-order valence-electron chi connectivity index (χ3n) is 2.08. The minimum absolute atomic E-state index is 0.294. The third-order valence-corrected chi connectivity index (χ3v) is 2.08. The van der Waals surface area contributed by atoms with Crippen LogP contribution >= 0.6 is 0 Å². The largest absolute Gasteiger partial charge is 0.541 e. The van der Waals surface area contributed by atoms with Crippen molar-refractivity contribution in [2.75, 3.05) is 7.11 Å². The summed E-state index contributed by atoms with van der Waals surface area (Å²) < 4.78 is 9.64. The van der Waals surface area contributed by atoms with E-state index in [0.717, 1.165) is 5.56 Å². The molecule has 0 saturated carbocycles. The van der Waals surface area contributed by atoms with Crippen LogP contribution in [0.1, 0.15) is 10.6 Å². The van der Waals surface area contributed by atoms with Crippen molar-refractivity contribution in [3.05, 3.63) is 36.1 Å². The van der Waals surface area contributed by atoms with Crippen LogP contribution in [-0.4, -0.2) is 18.2 Å². The Hall–Kier alpha value is -2.30. The number of aromatic carboxylic acids is 1. The number of methoxy groups -OCH3 is 1. The molecule has 0 aliphatic heterocycles. The first-order chi connectivity index (χ1) is 7.70. The highest BCUT2D eigenvalue weighted by Gasteiger charge is 2.07. The Morgan fingerprint density at radius 2 is 2.25 bits per heavy atom. The van der Waals surface area contributed by atoms with E-state index in [1.807, 2.05) is 0 Å². The van der Waals surface area contributed by atoms with Crippen molar-refractivity contribution >= 4 is 5.97 Å². The van der Waals surface area contributed by atoms with Gasteiger partial charge in [0.25, 0.3) is 0 Å². The lowest BCUT2D eigenvalue weighted by atomic mass is 10.1. The summed E-state index contributed by atoms with van der Waals surface area (Å²) in [5.41, 5.74) is 1.15. The van der Waals surface area contributed by atoms with E-state index in [1.165, 1.54) is 6.07 Å². The van der Waals surface area contributed by atoms with Crippen molar-refractivity contribution in [3.8, 4) is 17.0 Å². The molecule has 1 heterocycles. The van der Waals surface area contributed by atoms with Gasteiger partial charge in [-0.25, -0.2) is 0 Å². The molecular formula is C11H8NO4-. The standard InChI is InChI=1S/C11H9NO4/c1-15-8-4-2-3-7(5-8)9-6-10(11(13)14)16-12-9/h2-6H,1H3,(H,13,14)/p-1. The van der Waals surface area contributed by atoms with Crippen LogP contribution in [0.4, 0.5) is 0 Å². The van der Waals surface area contributed by atoms with Gasteiger partial charge in [-0.2, -0.15) is 0 Å². The Labute approximate surface area is 91.3 Å². The van der Waals surface area contributed by atoms with Crippen LogP contribution in [0.25, 0.3) is 11.3 Å². The summed E-state index contributed by atoms with van der Waals surface area (Å²) in [6.45, 7) is 0. The number of nitrogens with zero attached hydrogens (tertiary/aromatic N) is 1. The highest BCUT2D eigenvalue weighted by Crippen LogP contribution is 2.23. The molecule has 0 radical (unpaired) electrons. The van der Waals surface area contributed by atoms with E-state index in [9.17, 15) is 9.90 Å². The SMILES string of the molecule is COc1cccc(-c2cc(C(=O)[O-])on2)c1. The Kier molecular flexibility index (Phi) is 2.59. The van der Waals surface area contributed by atoms with Gasteiger partial charge >= 0.3 is 0 Å². The average Bonchev–Trinajstić information content (AvgIpc) is 2.78. The van der Waals surface area contributed by atoms with Gasteiger partial charge < -0.3 is 19.2 Å². The van der Waals surface area contributed by atoms with Crippen molar-refractivity contribution < 1.29 is 19.2 Å². The van der Waals surface area contributed by atoms with Crippen LogP contribution in [0.3, 0.4) is 0 Å².